The van der Waals surface area contributed by atoms with Gasteiger partial charge in [0.05, 0.1) is 30.8 Å². The van der Waals surface area contributed by atoms with Gasteiger partial charge in [-0.05, 0) is 50.6 Å². The van der Waals surface area contributed by atoms with Gasteiger partial charge in [-0.2, -0.15) is 0 Å². The van der Waals surface area contributed by atoms with Crippen LogP contribution in [-0.4, -0.2) is 54.3 Å². The Morgan fingerprint density at radius 1 is 1.15 bits per heavy atom. The van der Waals surface area contributed by atoms with Crippen molar-refractivity contribution in [2.75, 3.05) is 44.3 Å². The summed E-state index contributed by atoms with van der Waals surface area (Å²) in [6.07, 6.45) is 6.25. The van der Waals surface area contributed by atoms with Gasteiger partial charge in [0.2, 0.25) is 0 Å². The number of rotatable bonds is 3. The van der Waals surface area contributed by atoms with Gasteiger partial charge in [-0.3, -0.25) is 14.9 Å². The van der Waals surface area contributed by atoms with Crippen LogP contribution < -0.4 is 4.90 Å². The molecule has 0 saturated carbocycles. The number of piperidine rings is 1. The molecule has 0 aromatic carbocycles. The molecule has 1 atom stereocenters. The molecule has 0 aliphatic carbocycles. The van der Waals surface area contributed by atoms with Crippen molar-refractivity contribution in [3.8, 4) is 0 Å². The summed E-state index contributed by atoms with van der Waals surface area (Å²) in [5, 5.41) is 0. The molecule has 5 heteroatoms. The fraction of sp³-hybridized carbons (Fsp3) is 0.524. The van der Waals surface area contributed by atoms with E-state index in [0.29, 0.717) is 0 Å². The Hall–Kier alpha value is -1.98. The number of nitrogens with zero attached hydrogens (tertiary/aromatic N) is 4. The first-order valence-corrected chi connectivity index (χ1v) is 9.60. The van der Waals surface area contributed by atoms with Crippen molar-refractivity contribution in [1.29, 1.82) is 0 Å². The predicted octanol–water partition coefficient (Wildman–Crippen LogP) is 2.90. The topological polar surface area (TPSA) is 41.5 Å². The SMILES string of the molecule is Cc1cccc(CN2CCC[C@@]3(COCCN(c4cccnc4)C3)C2)n1. The molecule has 2 aromatic heterocycles. The maximum absolute atomic E-state index is 6.05. The normalized spacial score (nSPS) is 24.6. The lowest BCUT2D eigenvalue weighted by Gasteiger charge is -2.44. The molecule has 0 N–H and O–H groups in total. The van der Waals surface area contributed by atoms with Crippen LogP contribution in [0.2, 0.25) is 0 Å². The van der Waals surface area contributed by atoms with Gasteiger partial charge in [0.15, 0.2) is 0 Å². The minimum atomic E-state index is 0.189. The van der Waals surface area contributed by atoms with E-state index < -0.39 is 0 Å². The Labute approximate surface area is 156 Å². The Kier molecular flexibility index (Phi) is 5.18. The van der Waals surface area contributed by atoms with Crippen molar-refractivity contribution in [3.05, 3.63) is 54.1 Å². The monoisotopic (exact) mass is 352 g/mol. The van der Waals surface area contributed by atoms with E-state index in [2.05, 4.69) is 46.0 Å². The second-order valence-electron chi connectivity index (χ2n) is 7.77. The molecule has 26 heavy (non-hydrogen) atoms. The first-order valence-electron chi connectivity index (χ1n) is 9.60. The number of pyridine rings is 2. The average Bonchev–Trinajstić information content (AvgIpc) is 2.85. The summed E-state index contributed by atoms with van der Waals surface area (Å²) in [6, 6.07) is 10.5. The zero-order valence-electron chi connectivity index (χ0n) is 15.6. The molecule has 0 unspecified atom stereocenters. The van der Waals surface area contributed by atoms with Crippen LogP contribution in [0.5, 0.6) is 0 Å². The maximum Gasteiger partial charge on any atom is 0.0641 e. The molecular formula is C21H28N4O. The number of aromatic nitrogens is 2. The largest absolute Gasteiger partial charge is 0.379 e. The lowest BCUT2D eigenvalue weighted by atomic mass is 9.80. The van der Waals surface area contributed by atoms with E-state index in [0.717, 1.165) is 51.6 Å². The highest BCUT2D eigenvalue weighted by atomic mass is 16.5. The number of hydrogen-bond donors (Lipinski definition) is 0. The second kappa shape index (κ2) is 7.72. The highest BCUT2D eigenvalue weighted by Gasteiger charge is 2.39. The van der Waals surface area contributed by atoms with Gasteiger partial charge >= 0.3 is 0 Å². The molecule has 0 amide bonds. The average molecular weight is 352 g/mol. The van der Waals surface area contributed by atoms with E-state index in [1.54, 1.807) is 0 Å². The quantitative estimate of drug-likeness (QED) is 0.850. The minimum absolute atomic E-state index is 0.189. The first kappa shape index (κ1) is 17.4. The number of hydrogen-bond acceptors (Lipinski definition) is 5. The summed E-state index contributed by atoms with van der Waals surface area (Å²) in [6.45, 7) is 8.81. The predicted molar refractivity (Wildman–Crippen MR) is 103 cm³/mol. The van der Waals surface area contributed by atoms with Gasteiger partial charge in [0, 0.05) is 43.5 Å². The molecule has 2 aliphatic heterocycles. The number of anilines is 1. The highest BCUT2D eigenvalue weighted by Crippen LogP contribution is 2.34. The summed E-state index contributed by atoms with van der Waals surface area (Å²) < 4.78 is 6.05. The minimum Gasteiger partial charge on any atom is -0.379 e. The van der Waals surface area contributed by atoms with E-state index >= 15 is 0 Å². The Bertz CT molecular complexity index is 723. The second-order valence-corrected chi connectivity index (χ2v) is 7.77. The summed E-state index contributed by atoms with van der Waals surface area (Å²) in [7, 11) is 0. The molecule has 1 spiro atoms. The van der Waals surface area contributed by atoms with Gasteiger partial charge in [0.25, 0.3) is 0 Å². The van der Waals surface area contributed by atoms with E-state index in [1.807, 2.05) is 18.5 Å². The lowest BCUT2D eigenvalue weighted by Crippen LogP contribution is -2.50. The molecule has 5 nitrogen and oxygen atoms in total. The molecule has 0 radical (unpaired) electrons. The van der Waals surface area contributed by atoms with E-state index in [4.69, 9.17) is 9.72 Å². The molecule has 2 saturated heterocycles. The van der Waals surface area contributed by atoms with Crippen LogP contribution in [0.3, 0.4) is 0 Å². The Balaban J connectivity index is 1.49. The molecule has 2 fully saturated rings. The molecule has 2 aliphatic rings. The van der Waals surface area contributed by atoms with Gasteiger partial charge in [-0.1, -0.05) is 6.07 Å². The molecule has 2 aromatic rings. The van der Waals surface area contributed by atoms with E-state index in [9.17, 15) is 0 Å². The third kappa shape index (κ3) is 4.05. The van der Waals surface area contributed by atoms with Crippen molar-refractivity contribution < 1.29 is 4.74 Å². The first-order chi connectivity index (χ1) is 12.7. The van der Waals surface area contributed by atoms with Crippen LogP contribution in [0.25, 0.3) is 0 Å². The number of ether oxygens (including phenoxy) is 1. The lowest BCUT2D eigenvalue weighted by molar-refractivity contribution is 0.0103. The maximum atomic E-state index is 6.05. The zero-order valence-corrected chi connectivity index (χ0v) is 15.6. The fourth-order valence-corrected chi connectivity index (χ4v) is 4.36. The van der Waals surface area contributed by atoms with Gasteiger partial charge in [0.1, 0.15) is 0 Å². The molecule has 4 heterocycles. The summed E-state index contributed by atoms with van der Waals surface area (Å²) in [4.78, 5) is 14.0. The van der Waals surface area contributed by atoms with Crippen LogP contribution in [0.4, 0.5) is 5.69 Å². The van der Waals surface area contributed by atoms with Crippen LogP contribution in [0.15, 0.2) is 42.7 Å². The third-order valence-corrected chi connectivity index (χ3v) is 5.52. The standard InChI is InChI=1S/C21H28N4O/c1-18-5-2-6-19(23-18)14-24-10-4-8-21(15-24)16-25(11-12-26-17-21)20-7-3-9-22-13-20/h2-3,5-7,9,13H,4,8,10-12,14-17H2,1H3/t21-/m1/s1. The fourth-order valence-electron chi connectivity index (χ4n) is 4.36. The van der Waals surface area contributed by atoms with E-state index in [-0.39, 0.29) is 5.41 Å². The van der Waals surface area contributed by atoms with Crippen LogP contribution in [0.1, 0.15) is 24.2 Å². The third-order valence-electron chi connectivity index (χ3n) is 5.52. The molecule has 4 rings (SSSR count). The highest BCUT2D eigenvalue weighted by molar-refractivity contribution is 5.44. The molecule has 138 valence electrons. The van der Waals surface area contributed by atoms with Crippen LogP contribution >= 0.6 is 0 Å². The zero-order chi connectivity index (χ0) is 17.8. The van der Waals surface area contributed by atoms with E-state index in [1.165, 1.54) is 24.2 Å². The van der Waals surface area contributed by atoms with Crippen molar-refractivity contribution in [3.63, 3.8) is 0 Å². The Morgan fingerprint density at radius 2 is 2.12 bits per heavy atom. The molecule has 0 bridgehead atoms. The van der Waals surface area contributed by atoms with Gasteiger partial charge < -0.3 is 9.64 Å². The summed E-state index contributed by atoms with van der Waals surface area (Å²) in [5.41, 5.74) is 3.65. The summed E-state index contributed by atoms with van der Waals surface area (Å²) >= 11 is 0. The van der Waals surface area contributed by atoms with Crippen molar-refractivity contribution in [2.45, 2.75) is 26.3 Å². The van der Waals surface area contributed by atoms with Crippen molar-refractivity contribution in [1.82, 2.24) is 14.9 Å². The number of likely N-dealkylation sites (tertiary alicyclic amines) is 1. The van der Waals surface area contributed by atoms with Crippen LogP contribution in [0, 0.1) is 12.3 Å². The summed E-state index contributed by atoms with van der Waals surface area (Å²) in [5.74, 6) is 0. The van der Waals surface area contributed by atoms with Crippen LogP contribution in [-0.2, 0) is 11.3 Å². The molecular weight excluding hydrogens is 324 g/mol. The van der Waals surface area contributed by atoms with Gasteiger partial charge in [-0.15, -0.1) is 0 Å². The van der Waals surface area contributed by atoms with Crippen molar-refractivity contribution in [2.24, 2.45) is 5.41 Å². The Morgan fingerprint density at radius 3 is 2.96 bits per heavy atom. The van der Waals surface area contributed by atoms with Gasteiger partial charge in [-0.25, -0.2) is 0 Å². The number of aryl methyl sites for hydroxylation is 1. The van der Waals surface area contributed by atoms with Crippen molar-refractivity contribution >= 4 is 5.69 Å². The smallest absolute Gasteiger partial charge is 0.0641 e.